The molecular weight excluding hydrogens is 226 g/mol. The molecule has 0 atom stereocenters. The van der Waals surface area contributed by atoms with Gasteiger partial charge in [0, 0.05) is 22.3 Å². The van der Waals surface area contributed by atoms with Crippen LogP contribution in [0.5, 0.6) is 0 Å². The number of nitrogens with zero attached hydrogens (tertiary/aromatic N) is 1. The lowest BCUT2D eigenvalue weighted by Gasteiger charge is -2.04. The molecule has 2 rings (SSSR count). The van der Waals surface area contributed by atoms with Gasteiger partial charge in [-0.05, 0) is 31.9 Å². The molecular formula is C11H12BrN. The molecule has 0 unspecified atom stereocenters. The number of rotatable bonds is 1. The number of aryl methyl sites for hydroxylation is 1. The van der Waals surface area contributed by atoms with Crippen LogP contribution in [0.25, 0.3) is 0 Å². The SMILES string of the molecule is Cc1ccc(Br)c(C2=NCCC2)c1. The summed E-state index contributed by atoms with van der Waals surface area (Å²) < 4.78 is 1.17. The van der Waals surface area contributed by atoms with Crippen molar-refractivity contribution in [1.29, 1.82) is 0 Å². The molecule has 1 nitrogen and oxygen atoms in total. The Morgan fingerprint density at radius 3 is 2.92 bits per heavy atom. The zero-order valence-corrected chi connectivity index (χ0v) is 9.26. The maximum Gasteiger partial charge on any atom is 0.0432 e. The summed E-state index contributed by atoms with van der Waals surface area (Å²) >= 11 is 3.56. The molecule has 0 bridgehead atoms. The average molecular weight is 238 g/mol. The maximum absolute atomic E-state index is 4.49. The van der Waals surface area contributed by atoms with Crippen molar-refractivity contribution in [2.45, 2.75) is 19.8 Å². The van der Waals surface area contributed by atoms with Crippen molar-refractivity contribution in [1.82, 2.24) is 0 Å². The lowest BCUT2D eigenvalue weighted by molar-refractivity contribution is 0.951. The van der Waals surface area contributed by atoms with Crippen LogP contribution in [0, 0.1) is 6.92 Å². The molecule has 1 aromatic carbocycles. The fraction of sp³-hybridized carbons (Fsp3) is 0.364. The standard InChI is InChI=1S/C11H12BrN/c1-8-4-5-10(12)9(7-8)11-3-2-6-13-11/h4-5,7H,2-3,6H2,1H3. The summed E-state index contributed by atoms with van der Waals surface area (Å²) in [7, 11) is 0. The Morgan fingerprint density at radius 1 is 1.38 bits per heavy atom. The molecule has 13 heavy (non-hydrogen) atoms. The van der Waals surface area contributed by atoms with Crippen LogP contribution in [0.2, 0.25) is 0 Å². The number of hydrogen-bond donors (Lipinski definition) is 0. The van der Waals surface area contributed by atoms with Gasteiger partial charge < -0.3 is 0 Å². The summed E-state index contributed by atoms with van der Waals surface area (Å²) in [6.45, 7) is 3.11. The van der Waals surface area contributed by atoms with Gasteiger partial charge in [0.25, 0.3) is 0 Å². The summed E-state index contributed by atoms with van der Waals surface area (Å²) in [6, 6.07) is 6.42. The molecule has 0 N–H and O–H groups in total. The minimum absolute atomic E-state index is 0.996. The molecule has 1 aliphatic heterocycles. The normalized spacial score (nSPS) is 16.0. The van der Waals surface area contributed by atoms with E-state index in [-0.39, 0.29) is 0 Å². The second-order valence-corrected chi connectivity index (χ2v) is 4.27. The Balaban J connectivity index is 2.43. The monoisotopic (exact) mass is 237 g/mol. The van der Waals surface area contributed by atoms with Gasteiger partial charge >= 0.3 is 0 Å². The van der Waals surface area contributed by atoms with Crippen LogP contribution in [0.15, 0.2) is 27.7 Å². The van der Waals surface area contributed by atoms with Crippen LogP contribution in [-0.4, -0.2) is 12.3 Å². The van der Waals surface area contributed by atoms with Gasteiger partial charge in [-0.1, -0.05) is 27.6 Å². The average Bonchev–Trinajstić information content (AvgIpc) is 2.61. The third kappa shape index (κ3) is 1.83. The smallest absolute Gasteiger partial charge is 0.0432 e. The zero-order chi connectivity index (χ0) is 9.26. The number of halogens is 1. The Hall–Kier alpha value is -0.630. The first-order valence-electron chi connectivity index (χ1n) is 4.57. The van der Waals surface area contributed by atoms with E-state index < -0.39 is 0 Å². The third-order valence-electron chi connectivity index (χ3n) is 2.31. The van der Waals surface area contributed by atoms with Crippen LogP contribution >= 0.6 is 15.9 Å². The summed E-state index contributed by atoms with van der Waals surface area (Å²) in [5, 5.41) is 0. The molecule has 0 saturated carbocycles. The fourth-order valence-corrected chi connectivity index (χ4v) is 2.10. The Labute approximate surface area is 87.0 Å². The van der Waals surface area contributed by atoms with E-state index in [9.17, 15) is 0 Å². The third-order valence-corrected chi connectivity index (χ3v) is 3.00. The lowest BCUT2D eigenvalue weighted by atomic mass is 10.1. The number of aliphatic imine (C=N–C) groups is 1. The topological polar surface area (TPSA) is 12.4 Å². The molecule has 1 heterocycles. The van der Waals surface area contributed by atoms with E-state index >= 15 is 0 Å². The molecule has 0 aliphatic carbocycles. The second-order valence-electron chi connectivity index (χ2n) is 3.42. The predicted octanol–water partition coefficient (Wildman–Crippen LogP) is 3.34. The van der Waals surface area contributed by atoms with Crippen molar-refractivity contribution >= 4 is 21.6 Å². The summed E-state index contributed by atoms with van der Waals surface area (Å²) in [4.78, 5) is 4.49. The summed E-state index contributed by atoms with van der Waals surface area (Å²) in [5.74, 6) is 0. The zero-order valence-electron chi connectivity index (χ0n) is 7.68. The molecule has 0 spiro atoms. The first-order valence-corrected chi connectivity index (χ1v) is 5.36. The minimum Gasteiger partial charge on any atom is -0.289 e. The number of hydrogen-bond acceptors (Lipinski definition) is 1. The summed E-state index contributed by atoms with van der Waals surface area (Å²) in [6.07, 6.45) is 2.33. The molecule has 2 heteroatoms. The van der Waals surface area contributed by atoms with Crippen molar-refractivity contribution in [3.63, 3.8) is 0 Å². The first-order chi connectivity index (χ1) is 6.27. The largest absolute Gasteiger partial charge is 0.289 e. The number of benzene rings is 1. The highest BCUT2D eigenvalue weighted by Crippen LogP contribution is 2.22. The van der Waals surface area contributed by atoms with Crippen LogP contribution in [-0.2, 0) is 0 Å². The van der Waals surface area contributed by atoms with Gasteiger partial charge in [-0.25, -0.2) is 0 Å². The minimum atomic E-state index is 0.996. The van der Waals surface area contributed by atoms with Crippen LogP contribution < -0.4 is 0 Å². The highest BCUT2D eigenvalue weighted by molar-refractivity contribution is 9.10. The molecule has 0 radical (unpaired) electrons. The van der Waals surface area contributed by atoms with Gasteiger partial charge in [-0.2, -0.15) is 0 Å². The maximum atomic E-state index is 4.49. The van der Waals surface area contributed by atoms with Crippen LogP contribution in [0.3, 0.4) is 0 Å². The molecule has 0 saturated heterocycles. The Bertz CT molecular complexity index is 355. The molecule has 0 fully saturated rings. The van der Waals surface area contributed by atoms with Crippen LogP contribution in [0.4, 0.5) is 0 Å². The van der Waals surface area contributed by atoms with E-state index in [0.717, 1.165) is 13.0 Å². The van der Waals surface area contributed by atoms with E-state index in [4.69, 9.17) is 0 Å². The highest BCUT2D eigenvalue weighted by atomic mass is 79.9. The van der Waals surface area contributed by atoms with E-state index in [2.05, 4.69) is 46.0 Å². The van der Waals surface area contributed by atoms with Crippen molar-refractivity contribution < 1.29 is 0 Å². The molecule has 0 amide bonds. The molecule has 1 aromatic rings. The Kier molecular flexibility index (Phi) is 2.49. The first kappa shape index (κ1) is 8.95. The van der Waals surface area contributed by atoms with Gasteiger partial charge in [0.05, 0.1) is 0 Å². The van der Waals surface area contributed by atoms with Crippen molar-refractivity contribution in [3.05, 3.63) is 33.8 Å². The van der Waals surface area contributed by atoms with Gasteiger partial charge in [-0.3, -0.25) is 4.99 Å². The van der Waals surface area contributed by atoms with E-state index in [1.165, 1.54) is 27.7 Å². The van der Waals surface area contributed by atoms with Crippen molar-refractivity contribution in [3.8, 4) is 0 Å². The second kappa shape index (κ2) is 3.62. The molecule has 1 aliphatic rings. The molecule has 0 aromatic heterocycles. The van der Waals surface area contributed by atoms with Gasteiger partial charge in [-0.15, -0.1) is 0 Å². The van der Waals surface area contributed by atoms with Crippen LogP contribution in [0.1, 0.15) is 24.0 Å². The van der Waals surface area contributed by atoms with Crippen molar-refractivity contribution in [2.24, 2.45) is 4.99 Å². The van der Waals surface area contributed by atoms with Gasteiger partial charge in [0.1, 0.15) is 0 Å². The quantitative estimate of drug-likeness (QED) is 0.711. The fourth-order valence-electron chi connectivity index (χ4n) is 1.62. The predicted molar refractivity (Wildman–Crippen MR) is 59.5 cm³/mol. The van der Waals surface area contributed by atoms with E-state index in [0.29, 0.717) is 0 Å². The summed E-state index contributed by atoms with van der Waals surface area (Å²) in [5.41, 5.74) is 3.83. The lowest BCUT2D eigenvalue weighted by Crippen LogP contribution is -1.97. The van der Waals surface area contributed by atoms with E-state index in [1.807, 2.05) is 0 Å². The van der Waals surface area contributed by atoms with Gasteiger partial charge in [0.2, 0.25) is 0 Å². The van der Waals surface area contributed by atoms with Crippen molar-refractivity contribution in [2.75, 3.05) is 6.54 Å². The molecule has 68 valence electrons. The van der Waals surface area contributed by atoms with E-state index in [1.54, 1.807) is 0 Å². The van der Waals surface area contributed by atoms with Gasteiger partial charge in [0.15, 0.2) is 0 Å². The Morgan fingerprint density at radius 2 is 2.23 bits per heavy atom. The highest BCUT2D eigenvalue weighted by Gasteiger charge is 2.11.